The van der Waals surface area contributed by atoms with Gasteiger partial charge in [0.2, 0.25) is 0 Å². The Morgan fingerprint density at radius 1 is 1.00 bits per heavy atom. The SMILES string of the molecule is Cc1ccc(C(=O)NC(=Cc2ccc(-c3ccc(Cl)cc3)o2)C(=O)NCCCN(C)C)cc1. The maximum Gasteiger partial charge on any atom is 0.267 e. The van der Waals surface area contributed by atoms with Gasteiger partial charge < -0.3 is 20.0 Å². The third-order valence-corrected chi connectivity index (χ3v) is 5.17. The van der Waals surface area contributed by atoms with E-state index < -0.39 is 0 Å². The molecular formula is C26H28ClN3O3. The molecular weight excluding hydrogens is 438 g/mol. The predicted molar refractivity (Wildman–Crippen MR) is 132 cm³/mol. The van der Waals surface area contributed by atoms with Crippen LogP contribution in [0.2, 0.25) is 5.02 Å². The summed E-state index contributed by atoms with van der Waals surface area (Å²) < 4.78 is 5.89. The maximum atomic E-state index is 12.9. The first kappa shape index (κ1) is 24.3. The van der Waals surface area contributed by atoms with Crippen LogP contribution >= 0.6 is 11.6 Å². The van der Waals surface area contributed by atoms with Gasteiger partial charge in [-0.25, -0.2) is 0 Å². The number of halogens is 1. The minimum atomic E-state index is -0.376. The number of aryl methyl sites for hydroxylation is 1. The van der Waals surface area contributed by atoms with Crippen molar-refractivity contribution in [2.45, 2.75) is 13.3 Å². The zero-order valence-electron chi connectivity index (χ0n) is 19.0. The zero-order valence-corrected chi connectivity index (χ0v) is 19.8. The standard InChI is InChI=1S/C26H28ClN3O3/c1-18-5-7-20(8-6-18)25(31)29-23(26(32)28-15-4-16-30(2)3)17-22-13-14-24(33-22)19-9-11-21(27)12-10-19/h5-14,17H,4,15-16H2,1-3H3,(H,28,32)(H,29,31). The average Bonchev–Trinajstić information content (AvgIpc) is 3.25. The summed E-state index contributed by atoms with van der Waals surface area (Å²) in [5.41, 5.74) is 2.49. The second-order valence-corrected chi connectivity index (χ2v) is 8.44. The fourth-order valence-corrected chi connectivity index (χ4v) is 3.22. The van der Waals surface area contributed by atoms with Gasteiger partial charge in [-0.2, -0.15) is 0 Å². The minimum Gasteiger partial charge on any atom is -0.457 e. The summed E-state index contributed by atoms with van der Waals surface area (Å²) in [6, 6.07) is 18.0. The van der Waals surface area contributed by atoms with Gasteiger partial charge >= 0.3 is 0 Å². The number of hydrogen-bond acceptors (Lipinski definition) is 4. The molecule has 0 saturated heterocycles. The first-order valence-electron chi connectivity index (χ1n) is 10.7. The quantitative estimate of drug-likeness (QED) is 0.353. The van der Waals surface area contributed by atoms with E-state index in [9.17, 15) is 9.59 Å². The molecule has 0 atom stereocenters. The predicted octanol–water partition coefficient (Wildman–Crippen LogP) is 4.75. The number of furan rings is 1. The van der Waals surface area contributed by atoms with E-state index in [2.05, 4.69) is 10.6 Å². The van der Waals surface area contributed by atoms with Gasteiger partial charge in [-0.3, -0.25) is 9.59 Å². The van der Waals surface area contributed by atoms with Crippen LogP contribution in [0, 0.1) is 6.92 Å². The van der Waals surface area contributed by atoms with Crippen molar-refractivity contribution in [3.05, 3.63) is 88.3 Å². The van der Waals surface area contributed by atoms with Crippen molar-refractivity contribution in [3.63, 3.8) is 0 Å². The molecule has 0 aliphatic rings. The smallest absolute Gasteiger partial charge is 0.267 e. The Morgan fingerprint density at radius 3 is 2.36 bits per heavy atom. The van der Waals surface area contributed by atoms with E-state index in [1.165, 1.54) is 6.08 Å². The van der Waals surface area contributed by atoms with Gasteiger partial charge in [0.1, 0.15) is 17.2 Å². The summed E-state index contributed by atoms with van der Waals surface area (Å²) in [6.45, 7) is 3.28. The van der Waals surface area contributed by atoms with Gasteiger partial charge in [-0.1, -0.05) is 29.3 Å². The van der Waals surface area contributed by atoms with Crippen LogP contribution in [0.4, 0.5) is 0 Å². The fraction of sp³-hybridized carbons (Fsp3) is 0.231. The van der Waals surface area contributed by atoms with Crippen molar-refractivity contribution in [3.8, 4) is 11.3 Å². The number of nitrogens with zero attached hydrogens (tertiary/aromatic N) is 1. The van der Waals surface area contributed by atoms with Crippen LogP contribution in [0.5, 0.6) is 0 Å². The number of nitrogens with one attached hydrogen (secondary N) is 2. The summed E-state index contributed by atoms with van der Waals surface area (Å²) in [6.07, 6.45) is 2.33. The molecule has 0 spiro atoms. The van der Waals surface area contributed by atoms with Gasteiger partial charge in [-0.05, 0) is 82.5 Å². The normalized spacial score (nSPS) is 11.5. The van der Waals surface area contributed by atoms with E-state index in [0.717, 1.165) is 24.1 Å². The molecule has 0 saturated carbocycles. The highest BCUT2D eigenvalue weighted by molar-refractivity contribution is 6.30. The summed E-state index contributed by atoms with van der Waals surface area (Å²) in [4.78, 5) is 27.7. The van der Waals surface area contributed by atoms with E-state index in [0.29, 0.717) is 28.7 Å². The Balaban J connectivity index is 1.80. The summed E-state index contributed by atoms with van der Waals surface area (Å²) >= 11 is 5.96. The maximum absolute atomic E-state index is 12.9. The van der Waals surface area contributed by atoms with Crippen LogP contribution in [-0.4, -0.2) is 43.9 Å². The van der Waals surface area contributed by atoms with E-state index in [1.807, 2.05) is 56.3 Å². The number of carbonyl (C=O) groups is 2. The Bertz CT molecular complexity index is 1120. The van der Waals surface area contributed by atoms with Crippen molar-refractivity contribution in [1.29, 1.82) is 0 Å². The molecule has 3 aromatic rings. The van der Waals surface area contributed by atoms with Crippen LogP contribution < -0.4 is 10.6 Å². The van der Waals surface area contributed by atoms with Crippen molar-refractivity contribution in [1.82, 2.24) is 15.5 Å². The lowest BCUT2D eigenvalue weighted by atomic mass is 10.1. The van der Waals surface area contributed by atoms with Crippen LogP contribution in [-0.2, 0) is 4.79 Å². The molecule has 6 nitrogen and oxygen atoms in total. The van der Waals surface area contributed by atoms with E-state index >= 15 is 0 Å². The molecule has 0 aliphatic carbocycles. The molecule has 0 aliphatic heterocycles. The van der Waals surface area contributed by atoms with Crippen molar-refractivity contribution in [2.75, 3.05) is 27.2 Å². The second kappa shape index (κ2) is 11.5. The first-order valence-corrected chi connectivity index (χ1v) is 11.1. The summed E-state index contributed by atoms with van der Waals surface area (Å²) in [5.74, 6) is 0.337. The van der Waals surface area contributed by atoms with Gasteiger partial charge in [0.15, 0.2) is 0 Å². The number of hydrogen-bond donors (Lipinski definition) is 2. The molecule has 1 aromatic heterocycles. The lowest BCUT2D eigenvalue weighted by molar-refractivity contribution is -0.117. The van der Waals surface area contributed by atoms with Crippen LogP contribution in [0.25, 0.3) is 17.4 Å². The van der Waals surface area contributed by atoms with Crippen molar-refractivity contribution in [2.24, 2.45) is 0 Å². The van der Waals surface area contributed by atoms with E-state index in [-0.39, 0.29) is 17.5 Å². The van der Waals surface area contributed by atoms with Crippen molar-refractivity contribution >= 4 is 29.5 Å². The Morgan fingerprint density at radius 2 is 1.70 bits per heavy atom. The number of amides is 2. The molecule has 0 unspecified atom stereocenters. The largest absolute Gasteiger partial charge is 0.457 e. The zero-order chi connectivity index (χ0) is 23.8. The summed E-state index contributed by atoms with van der Waals surface area (Å²) in [7, 11) is 3.95. The molecule has 2 aromatic carbocycles. The molecule has 33 heavy (non-hydrogen) atoms. The molecule has 172 valence electrons. The Labute approximate surface area is 199 Å². The van der Waals surface area contributed by atoms with Crippen LogP contribution in [0.15, 0.2) is 70.8 Å². The van der Waals surface area contributed by atoms with Gasteiger partial charge in [0, 0.05) is 28.8 Å². The molecule has 3 rings (SSSR count). The van der Waals surface area contributed by atoms with Gasteiger partial charge in [0.05, 0.1) is 0 Å². The second-order valence-electron chi connectivity index (χ2n) is 8.00. The topological polar surface area (TPSA) is 74.6 Å². The summed E-state index contributed by atoms with van der Waals surface area (Å²) in [5, 5.41) is 6.23. The third kappa shape index (κ3) is 7.34. The molecule has 7 heteroatoms. The fourth-order valence-electron chi connectivity index (χ4n) is 3.09. The lowest BCUT2D eigenvalue weighted by Crippen LogP contribution is -2.36. The van der Waals surface area contributed by atoms with Crippen LogP contribution in [0.3, 0.4) is 0 Å². The highest BCUT2D eigenvalue weighted by Crippen LogP contribution is 2.24. The highest BCUT2D eigenvalue weighted by Gasteiger charge is 2.16. The molecule has 2 N–H and O–H groups in total. The van der Waals surface area contributed by atoms with Crippen LogP contribution in [0.1, 0.15) is 28.1 Å². The van der Waals surface area contributed by atoms with E-state index in [4.69, 9.17) is 16.0 Å². The monoisotopic (exact) mass is 465 g/mol. The molecule has 0 radical (unpaired) electrons. The van der Waals surface area contributed by atoms with E-state index in [1.54, 1.807) is 30.3 Å². The Hall–Kier alpha value is -3.35. The Kier molecular flexibility index (Phi) is 8.46. The number of carbonyl (C=O) groups excluding carboxylic acids is 2. The lowest BCUT2D eigenvalue weighted by Gasteiger charge is -2.12. The van der Waals surface area contributed by atoms with Gasteiger partial charge in [0.25, 0.3) is 11.8 Å². The molecule has 0 fully saturated rings. The highest BCUT2D eigenvalue weighted by atomic mass is 35.5. The first-order chi connectivity index (χ1) is 15.8. The molecule has 2 amide bonds. The minimum absolute atomic E-state index is 0.113. The van der Waals surface area contributed by atoms with Crippen molar-refractivity contribution < 1.29 is 14.0 Å². The third-order valence-electron chi connectivity index (χ3n) is 4.92. The average molecular weight is 466 g/mol. The number of rotatable bonds is 9. The molecule has 1 heterocycles. The number of benzene rings is 2. The molecule has 0 bridgehead atoms. The van der Waals surface area contributed by atoms with Gasteiger partial charge in [-0.15, -0.1) is 0 Å².